The van der Waals surface area contributed by atoms with Crippen molar-refractivity contribution in [3.63, 3.8) is 0 Å². The predicted molar refractivity (Wildman–Crippen MR) is 94.3 cm³/mol. The van der Waals surface area contributed by atoms with Crippen LogP contribution in [0.3, 0.4) is 0 Å². The molecule has 2 aromatic heterocycles. The molecule has 3 nitrogen and oxygen atoms in total. The third-order valence-corrected chi connectivity index (χ3v) is 4.97. The number of aryl methyl sites for hydroxylation is 2. The Morgan fingerprint density at radius 2 is 1.48 bits per heavy atom. The highest BCUT2D eigenvalue weighted by molar-refractivity contribution is 5.25. The Balaban J connectivity index is 1.98. The number of hydrogen-bond donors (Lipinski definition) is 0. The smallest absolute Gasteiger partial charge is 0.0604 e. The van der Waals surface area contributed by atoms with Crippen molar-refractivity contribution in [2.75, 3.05) is 6.54 Å². The van der Waals surface area contributed by atoms with Crippen LogP contribution in [0.4, 0.5) is 0 Å². The second-order valence-electron chi connectivity index (χ2n) is 6.61. The maximum atomic E-state index is 4.72. The van der Waals surface area contributed by atoms with E-state index < -0.39 is 0 Å². The molecule has 3 heteroatoms. The zero-order chi connectivity index (χ0) is 16.2. The highest BCUT2D eigenvalue weighted by Gasteiger charge is 2.34. The summed E-state index contributed by atoms with van der Waals surface area (Å²) in [5.74, 6) is 0. The number of piperidine rings is 1. The van der Waals surface area contributed by atoms with Gasteiger partial charge < -0.3 is 0 Å². The van der Waals surface area contributed by atoms with Crippen LogP contribution in [-0.4, -0.2) is 21.4 Å². The Hall–Kier alpha value is -1.74. The van der Waals surface area contributed by atoms with Gasteiger partial charge in [0.25, 0.3) is 0 Å². The van der Waals surface area contributed by atoms with Crippen molar-refractivity contribution in [1.82, 2.24) is 14.9 Å². The molecule has 0 spiro atoms. The zero-order valence-electron chi connectivity index (χ0n) is 14.5. The van der Waals surface area contributed by atoms with Crippen LogP contribution in [0.15, 0.2) is 36.7 Å². The molecule has 0 aliphatic carbocycles. The first-order chi connectivity index (χ1) is 11.2. The Morgan fingerprint density at radius 1 is 0.957 bits per heavy atom. The SMILES string of the molecule is CCCN1C(c2ncccc2C)CCC[C@H]1c1ncccc1C. The molecule has 2 atom stereocenters. The first-order valence-corrected chi connectivity index (χ1v) is 8.81. The first-order valence-electron chi connectivity index (χ1n) is 8.81. The highest BCUT2D eigenvalue weighted by atomic mass is 15.2. The summed E-state index contributed by atoms with van der Waals surface area (Å²) in [5, 5.41) is 0. The molecule has 1 fully saturated rings. The van der Waals surface area contributed by atoms with Crippen molar-refractivity contribution in [1.29, 1.82) is 0 Å². The second-order valence-corrected chi connectivity index (χ2v) is 6.61. The standard InChI is InChI=1S/C20H27N3/c1-4-14-23-17(19-15(2)8-6-12-21-19)10-5-11-18(23)20-16(3)9-7-13-22-20/h6-9,12-13,17-18H,4-5,10-11,14H2,1-3H3/t17-,18?/m0/s1. The van der Waals surface area contributed by atoms with Crippen LogP contribution in [0.5, 0.6) is 0 Å². The van der Waals surface area contributed by atoms with Gasteiger partial charge in [0.05, 0.1) is 23.5 Å². The molecule has 0 radical (unpaired) electrons. The number of nitrogens with zero attached hydrogens (tertiary/aromatic N) is 3. The van der Waals surface area contributed by atoms with Crippen molar-refractivity contribution < 1.29 is 0 Å². The maximum absolute atomic E-state index is 4.72. The molecule has 23 heavy (non-hydrogen) atoms. The molecular weight excluding hydrogens is 282 g/mol. The fourth-order valence-corrected chi connectivity index (χ4v) is 3.90. The van der Waals surface area contributed by atoms with Crippen LogP contribution in [0.1, 0.15) is 67.2 Å². The maximum Gasteiger partial charge on any atom is 0.0604 e. The van der Waals surface area contributed by atoms with Crippen LogP contribution in [0, 0.1) is 13.8 Å². The minimum Gasteiger partial charge on any atom is -0.286 e. The lowest BCUT2D eigenvalue weighted by Crippen LogP contribution is -2.38. The summed E-state index contributed by atoms with van der Waals surface area (Å²) in [7, 11) is 0. The van der Waals surface area contributed by atoms with Crippen LogP contribution in [-0.2, 0) is 0 Å². The average molecular weight is 309 g/mol. The molecule has 1 aliphatic heterocycles. The number of aromatic nitrogens is 2. The summed E-state index contributed by atoms with van der Waals surface area (Å²) < 4.78 is 0. The lowest BCUT2D eigenvalue weighted by Gasteiger charge is -2.42. The second kappa shape index (κ2) is 7.22. The summed E-state index contributed by atoms with van der Waals surface area (Å²) in [6.45, 7) is 7.73. The molecule has 122 valence electrons. The number of rotatable bonds is 4. The Kier molecular flexibility index (Phi) is 5.06. The van der Waals surface area contributed by atoms with E-state index in [1.165, 1.54) is 41.8 Å². The third-order valence-electron chi connectivity index (χ3n) is 4.97. The van der Waals surface area contributed by atoms with Gasteiger partial charge in [0.2, 0.25) is 0 Å². The fraction of sp³-hybridized carbons (Fsp3) is 0.500. The van der Waals surface area contributed by atoms with Crippen molar-refractivity contribution in [2.24, 2.45) is 0 Å². The van der Waals surface area contributed by atoms with E-state index in [1.807, 2.05) is 24.5 Å². The highest BCUT2D eigenvalue weighted by Crippen LogP contribution is 2.41. The van der Waals surface area contributed by atoms with E-state index in [-0.39, 0.29) is 0 Å². The van der Waals surface area contributed by atoms with Gasteiger partial charge in [-0.3, -0.25) is 14.9 Å². The van der Waals surface area contributed by atoms with Gasteiger partial charge >= 0.3 is 0 Å². The van der Waals surface area contributed by atoms with Crippen molar-refractivity contribution in [3.05, 3.63) is 59.2 Å². The largest absolute Gasteiger partial charge is 0.286 e. The zero-order valence-corrected chi connectivity index (χ0v) is 14.5. The normalized spacial score (nSPS) is 22.2. The van der Waals surface area contributed by atoms with Crippen molar-refractivity contribution >= 4 is 0 Å². The molecule has 0 N–H and O–H groups in total. The third kappa shape index (κ3) is 3.30. The van der Waals surface area contributed by atoms with Crippen LogP contribution in [0.25, 0.3) is 0 Å². The molecule has 0 aromatic carbocycles. The number of likely N-dealkylation sites (tertiary alicyclic amines) is 1. The molecule has 0 bridgehead atoms. The van der Waals surface area contributed by atoms with Crippen LogP contribution >= 0.6 is 0 Å². The molecule has 2 aromatic rings. The lowest BCUT2D eigenvalue weighted by atomic mass is 9.88. The van der Waals surface area contributed by atoms with Gasteiger partial charge in [0.1, 0.15) is 0 Å². The van der Waals surface area contributed by atoms with E-state index in [2.05, 4.69) is 37.8 Å². The number of hydrogen-bond acceptors (Lipinski definition) is 3. The minimum absolute atomic E-state index is 0.413. The van der Waals surface area contributed by atoms with E-state index in [1.54, 1.807) is 0 Å². The van der Waals surface area contributed by atoms with Gasteiger partial charge in [-0.25, -0.2) is 0 Å². The fourth-order valence-electron chi connectivity index (χ4n) is 3.90. The van der Waals surface area contributed by atoms with Crippen LogP contribution < -0.4 is 0 Å². The summed E-state index contributed by atoms with van der Waals surface area (Å²) in [5.41, 5.74) is 5.10. The van der Waals surface area contributed by atoms with Gasteiger partial charge in [0.15, 0.2) is 0 Å². The van der Waals surface area contributed by atoms with Gasteiger partial charge in [-0.2, -0.15) is 0 Å². The van der Waals surface area contributed by atoms with E-state index in [4.69, 9.17) is 9.97 Å². The quantitative estimate of drug-likeness (QED) is 0.814. The first kappa shape index (κ1) is 16.1. The summed E-state index contributed by atoms with van der Waals surface area (Å²) in [6, 6.07) is 9.26. The Morgan fingerprint density at radius 3 is 1.91 bits per heavy atom. The molecule has 3 rings (SSSR count). The Labute approximate surface area is 139 Å². The summed E-state index contributed by atoms with van der Waals surface area (Å²) in [4.78, 5) is 12.1. The topological polar surface area (TPSA) is 29.0 Å². The van der Waals surface area contributed by atoms with E-state index in [0.29, 0.717) is 12.1 Å². The molecule has 3 heterocycles. The molecule has 1 saturated heterocycles. The molecule has 1 aliphatic rings. The minimum atomic E-state index is 0.413. The van der Waals surface area contributed by atoms with E-state index in [0.717, 1.165) is 13.0 Å². The summed E-state index contributed by atoms with van der Waals surface area (Å²) >= 11 is 0. The average Bonchev–Trinajstić information content (AvgIpc) is 2.57. The van der Waals surface area contributed by atoms with Gasteiger partial charge in [-0.1, -0.05) is 19.1 Å². The lowest BCUT2D eigenvalue weighted by molar-refractivity contribution is 0.0763. The Bertz CT molecular complexity index is 599. The van der Waals surface area contributed by atoms with Gasteiger partial charge in [-0.15, -0.1) is 0 Å². The number of pyridine rings is 2. The monoisotopic (exact) mass is 309 g/mol. The predicted octanol–water partition coefficient (Wildman–Crippen LogP) is 4.77. The van der Waals surface area contributed by atoms with E-state index in [9.17, 15) is 0 Å². The van der Waals surface area contributed by atoms with Crippen LogP contribution in [0.2, 0.25) is 0 Å². The molecule has 1 unspecified atom stereocenters. The van der Waals surface area contributed by atoms with Crippen molar-refractivity contribution in [2.45, 2.75) is 58.5 Å². The molecule has 0 saturated carbocycles. The molecular formula is C20H27N3. The van der Waals surface area contributed by atoms with Crippen molar-refractivity contribution in [3.8, 4) is 0 Å². The summed E-state index contributed by atoms with van der Waals surface area (Å²) in [6.07, 6.45) is 8.65. The van der Waals surface area contributed by atoms with Gasteiger partial charge in [-0.05, 0) is 69.3 Å². The van der Waals surface area contributed by atoms with E-state index >= 15 is 0 Å². The van der Waals surface area contributed by atoms with Gasteiger partial charge in [0, 0.05) is 12.4 Å². The molecule has 0 amide bonds.